The van der Waals surface area contributed by atoms with Crippen LogP contribution >= 0.6 is 11.3 Å². The Kier molecular flexibility index (Phi) is 6.42. The van der Waals surface area contributed by atoms with Crippen LogP contribution in [0.4, 0.5) is 15.3 Å². The van der Waals surface area contributed by atoms with Gasteiger partial charge in [0.2, 0.25) is 23.5 Å². The summed E-state index contributed by atoms with van der Waals surface area (Å²) < 4.78 is 26.7. The first-order chi connectivity index (χ1) is 21.2. The van der Waals surface area contributed by atoms with Crippen molar-refractivity contribution >= 4 is 22.3 Å². The van der Waals surface area contributed by atoms with E-state index in [1.54, 1.807) is 0 Å². The summed E-state index contributed by atoms with van der Waals surface area (Å²) in [5.74, 6) is 1.41. The number of hydrogen-bond donors (Lipinski definition) is 2. The predicted octanol–water partition coefficient (Wildman–Crippen LogP) is 3.37. The van der Waals surface area contributed by atoms with Crippen LogP contribution in [0.2, 0.25) is 0 Å². The number of fused-ring (bicyclic) bond motifs is 4. The van der Waals surface area contributed by atoms with E-state index in [1.165, 1.54) is 11.3 Å². The predicted molar refractivity (Wildman–Crippen MR) is 161 cm³/mol. The fraction of sp³-hybridized carbons (Fsp3) is 0.667. The van der Waals surface area contributed by atoms with Gasteiger partial charge in [-0.2, -0.15) is 25.2 Å². The van der Waals surface area contributed by atoms with Gasteiger partial charge in [0.15, 0.2) is 0 Å². The third-order valence-electron chi connectivity index (χ3n) is 10.5. The van der Waals surface area contributed by atoms with Crippen LogP contribution in [-0.2, 0) is 11.8 Å². The zero-order chi connectivity index (χ0) is 30.3. The molecule has 0 unspecified atom stereocenters. The van der Waals surface area contributed by atoms with Gasteiger partial charge in [0.05, 0.1) is 16.5 Å². The maximum Gasteiger partial charge on any atom is 0.321 e. The quantitative estimate of drug-likeness (QED) is 0.415. The molecule has 0 saturated carbocycles. The minimum Gasteiger partial charge on any atom is -0.461 e. The summed E-state index contributed by atoms with van der Waals surface area (Å²) in [4.78, 5) is 24.6. The van der Waals surface area contributed by atoms with E-state index in [-0.39, 0.29) is 28.7 Å². The summed E-state index contributed by atoms with van der Waals surface area (Å²) in [5, 5.41) is 18.5. The second kappa shape index (κ2) is 10.1. The molecule has 1 aliphatic carbocycles. The topological polar surface area (TPSA) is 155 Å². The van der Waals surface area contributed by atoms with Gasteiger partial charge < -0.3 is 25.2 Å². The number of hydrogen-bond acceptors (Lipinski definition) is 13. The number of nitriles is 1. The Morgan fingerprint density at radius 3 is 2.89 bits per heavy atom. The van der Waals surface area contributed by atoms with E-state index in [1.807, 2.05) is 6.92 Å². The molecule has 0 amide bonds. The van der Waals surface area contributed by atoms with Crippen LogP contribution in [0, 0.1) is 11.3 Å². The first kappa shape index (κ1) is 28.1. The first-order valence-corrected chi connectivity index (χ1v) is 16.5. The van der Waals surface area contributed by atoms with Crippen LogP contribution in [0.3, 0.4) is 0 Å². The van der Waals surface area contributed by atoms with E-state index in [2.05, 4.69) is 38.3 Å². The van der Waals surface area contributed by atoms with Gasteiger partial charge in [-0.1, -0.05) is 5.16 Å². The van der Waals surface area contributed by atoms with Gasteiger partial charge in [0, 0.05) is 48.1 Å². The average molecular weight is 621 g/mol. The molecular weight excluding hydrogens is 583 g/mol. The number of ether oxygens (including phenoxy) is 1. The standard InChI is InChI=1S/C30H37FN10O2S/c1-28-9-6-18(38-28)14-40(15-28)26-35-23(36-27(37-26)42-16-30-8-4-10-41(30)13-17(31)11-30)24-34-25(43-39-24)29(2)7-3-5-20-21(29)19(12-32)22(33)44-20/h17-18,38H,3-11,13-16,33H2,1-2H3/t17-,18-,28-,29-,30+/m0/s1. The van der Waals surface area contributed by atoms with Gasteiger partial charge >= 0.3 is 6.01 Å². The van der Waals surface area contributed by atoms with E-state index in [4.69, 9.17) is 29.9 Å². The molecule has 3 aromatic heterocycles. The molecule has 3 aromatic rings. The Morgan fingerprint density at radius 1 is 1.16 bits per heavy atom. The van der Waals surface area contributed by atoms with Gasteiger partial charge in [-0.05, 0) is 65.3 Å². The third-order valence-corrected chi connectivity index (χ3v) is 11.6. The van der Waals surface area contributed by atoms with Crippen LogP contribution in [0.5, 0.6) is 6.01 Å². The van der Waals surface area contributed by atoms with Crippen LogP contribution in [0.25, 0.3) is 11.6 Å². The second-order valence-corrected chi connectivity index (χ2v) is 14.9. The number of aryl methyl sites for hydroxylation is 1. The highest BCUT2D eigenvalue weighted by Crippen LogP contribution is 2.48. The van der Waals surface area contributed by atoms with Crippen molar-refractivity contribution in [2.75, 3.05) is 43.4 Å². The highest BCUT2D eigenvalue weighted by atomic mass is 32.1. The average Bonchev–Trinajstić information content (AvgIpc) is 3.80. The summed E-state index contributed by atoms with van der Waals surface area (Å²) in [6.45, 7) is 7.44. The number of nitrogen functional groups attached to an aromatic ring is 1. The zero-order valence-electron chi connectivity index (χ0n) is 25.1. The SMILES string of the molecule is C[C@]12CC[C@@H](CN(c3nc(OC[C@]45CCCN4C[C@@H](F)C5)nc(-c4noc([C@@]5(C)CCCc6sc(N)c(C#N)c65)n4)n3)C1)N2. The Bertz CT molecular complexity index is 1660. The largest absolute Gasteiger partial charge is 0.461 e. The van der Waals surface area contributed by atoms with Crippen LogP contribution in [0.15, 0.2) is 4.52 Å². The van der Waals surface area contributed by atoms with Crippen molar-refractivity contribution in [3.05, 3.63) is 21.9 Å². The molecule has 5 aliphatic rings. The number of aromatic nitrogens is 5. The normalized spacial score (nSPS) is 32.9. The van der Waals surface area contributed by atoms with E-state index < -0.39 is 11.6 Å². The molecule has 14 heteroatoms. The number of anilines is 2. The molecule has 0 radical (unpaired) electrons. The highest BCUT2D eigenvalue weighted by Gasteiger charge is 2.50. The monoisotopic (exact) mass is 620 g/mol. The zero-order valence-corrected chi connectivity index (χ0v) is 25.9. The molecule has 12 nitrogen and oxygen atoms in total. The van der Waals surface area contributed by atoms with Crippen molar-refractivity contribution in [1.29, 1.82) is 5.26 Å². The van der Waals surface area contributed by atoms with E-state index >= 15 is 0 Å². The molecule has 0 aromatic carbocycles. The van der Waals surface area contributed by atoms with Gasteiger partial charge in [-0.15, -0.1) is 11.3 Å². The van der Waals surface area contributed by atoms with Crippen LogP contribution in [-0.4, -0.2) is 86.1 Å². The van der Waals surface area contributed by atoms with Gasteiger partial charge in [-0.25, -0.2) is 4.39 Å². The lowest BCUT2D eigenvalue weighted by molar-refractivity contribution is 0.107. The maximum atomic E-state index is 14.4. The lowest BCUT2D eigenvalue weighted by atomic mass is 9.72. The van der Waals surface area contributed by atoms with E-state index in [9.17, 15) is 9.65 Å². The van der Waals surface area contributed by atoms with Gasteiger partial charge in [0.25, 0.3) is 0 Å². The second-order valence-electron chi connectivity index (χ2n) is 13.8. The lowest BCUT2D eigenvalue weighted by Gasteiger charge is -2.39. The molecule has 8 rings (SSSR count). The van der Waals surface area contributed by atoms with Crippen molar-refractivity contribution in [2.24, 2.45) is 0 Å². The molecule has 2 bridgehead atoms. The molecule has 5 atom stereocenters. The van der Waals surface area contributed by atoms with Crippen molar-refractivity contribution in [3.63, 3.8) is 0 Å². The molecule has 7 heterocycles. The molecule has 0 spiro atoms. The number of nitrogens with zero attached hydrogens (tertiary/aromatic N) is 8. The van der Waals surface area contributed by atoms with Crippen LogP contribution < -0.4 is 20.7 Å². The summed E-state index contributed by atoms with van der Waals surface area (Å²) in [5.41, 5.74) is 6.61. The van der Waals surface area contributed by atoms with E-state index in [0.29, 0.717) is 48.0 Å². The Labute approximate surface area is 259 Å². The number of piperazine rings is 1. The van der Waals surface area contributed by atoms with Crippen molar-refractivity contribution in [2.45, 2.75) is 93.9 Å². The number of alkyl halides is 1. The number of halogens is 1. The fourth-order valence-electron chi connectivity index (χ4n) is 8.44. The molecule has 4 saturated heterocycles. The number of nitrogens with two attached hydrogens (primary N) is 1. The third kappa shape index (κ3) is 4.46. The minimum atomic E-state index is -0.847. The number of thiophene rings is 1. The molecule has 3 N–H and O–H groups in total. The van der Waals surface area contributed by atoms with E-state index in [0.717, 1.165) is 75.0 Å². The maximum absolute atomic E-state index is 14.4. The minimum absolute atomic E-state index is 0.0204. The van der Waals surface area contributed by atoms with Gasteiger partial charge in [-0.3, -0.25) is 4.90 Å². The Morgan fingerprint density at radius 2 is 2.05 bits per heavy atom. The smallest absolute Gasteiger partial charge is 0.321 e. The molecular formula is C30H37FN10O2S. The van der Waals surface area contributed by atoms with Crippen molar-refractivity contribution in [1.82, 2.24) is 35.3 Å². The molecule has 4 fully saturated rings. The molecule has 44 heavy (non-hydrogen) atoms. The Hall–Kier alpha value is -3.41. The summed E-state index contributed by atoms with van der Waals surface area (Å²) in [6, 6.07) is 2.83. The van der Waals surface area contributed by atoms with Crippen LogP contribution in [0.1, 0.15) is 80.7 Å². The fourth-order valence-corrected chi connectivity index (χ4v) is 9.63. The van der Waals surface area contributed by atoms with Crippen molar-refractivity contribution < 1.29 is 13.7 Å². The number of rotatable bonds is 6. The lowest BCUT2D eigenvalue weighted by Crippen LogP contribution is -2.58. The van der Waals surface area contributed by atoms with Crippen molar-refractivity contribution in [3.8, 4) is 23.7 Å². The summed E-state index contributed by atoms with van der Waals surface area (Å²) in [6.07, 6.45) is 6.26. The number of nitrogens with one attached hydrogen (secondary N) is 1. The Balaban J connectivity index is 1.15. The van der Waals surface area contributed by atoms with Gasteiger partial charge in [0.1, 0.15) is 23.8 Å². The highest BCUT2D eigenvalue weighted by molar-refractivity contribution is 7.16. The summed E-state index contributed by atoms with van der Waals surface area (Å²) in [7, 11) is 0. The first-order valence-electron chi connectivity index (χ1n) is 15.6. The molecule has 4 aliphatic heterocycles. The molecule has 232 valence electrons. The summed E-state index contributed by atoms with van der Waals surface area (Å²) >= 11 is 1.47.